The molecule has 1 fully saturated rings. The van der Waals surface area contributed by atoms with Gasteiger partial charge in [0.05, 0.1) is 24.8 Å². The zero-order valence-corrected chi connectivity index (χ0v) is 16.1. The molecular weight excluding hydrogens is 372 g/mol. The number of carbonyl (C=O) groups is 1. The molecule has 7 heteroatoms. The second-order valence-electron chi connectivity index (χ2n) is 5.47. The lowest BCUT2D eigenvalue weighted by Gasteiger charge is -2.07. The number of ether oxygens (including phenoxy) is 2. The SMILES string of the molecule is COc1ccc(C=C2SC(=Nc3cccc(Cl)c3C)NC2=O)c(OC)c1. The molecule has 2 aromatic rings. The lowest BCUT2D eigenvalue weighted by atomic mass is 10.1. The topological polar surface area (TPSA) is 59.9 Å². The van der Waals surface area contributed by atoms with Crippen molar-refractivity contribution >= 4 is 46.2 Å². The van der Waals surface area contributed by atoms with Gasteiger partial charge in [-0.25, -0.2) is 4.99 Å². The first-order valence-electron chi connectivity index (χ1n) is 7.78. The summed E-state index contributed by atoms with van der Waals surface area (Å²) in [6.07, 6.45) is 1.77. The van der Waals surface area contributed by atoms with Gasteiger partial charge in [-0.1, -0.05) is 17.7 Å². The fourth-order valence-corrected chi connectivity index (χ4v) is 3.38. The molecule has 0 atom stereocenters. The van der Waals surface area contributed by atoms with Gasteiger partial charge in [-0.2, -0.15) is 0 Å². The molecule has 2 aromatic carbocycles. The van der Waals surface area contributed by atoms with Gasteiger partial charge in [-0.05, 0) is 54.6 Å². The molecule has 0 saturated carbocycles. The molecule has 1 heterocycles. The van der Waals surface area contributed by atoms with E-state index in [1.165, 1.54) is 11.8 Å². The lowest BCUT2D eigenvalue weighted by molar-refractivity contribution is -0.115. The van der Waals surface area contributed by atoms with Gasteiger partial charge in [-0.15, -0.1) is 0 Å². The molecule has 1 aliphatic heterocycles. The van der Waals surface area contributed by atoms with E-state index < -0.39 is 0 Å². The van der Waals surface area contributed by atoms with E-state index in [1.54, 1.807) is 26.4 Å². The average Bonchev–Trinajstić information content (AvgIpc) is 2.98. The lowest BCUT2D eigenvalue weighted by Crippen LogP contribution is -2.19. The number of benzene rings is 2. The van der Waals surface area contributed by atoms with Crippen LogP contribution in [0.15, 0.2) is 46.3 Å². The number of methoxy groups -OCH3 is 2. The van der Waals surface area contributed by atoms with Gasteiger partial charge in [-0.3, -0.25) is 4.79 Å². The van der Waals surface area contributed by atoms with E-state index in [0.29, 0.717) is 26.6 Å². The van der Waals surface area contributed by atoms with Crippen LogP contribution >= 0.6 is 23.4 Å². The number of thioether (sulfide) groups is 1. The van der Waals surface area contributed by atoms with E-state index in [4.69, 9.17) is 21.1 Å². The largest absolute Gasteiger partial charge is 0.497 e. The number of rotatable bonds is 4. The fourth-order valence-electron chi connectivity index (χ4n) is 2.39. The Morgan fingerprint density at radius 3 is 2.73 bits per heavy atom. The van der Waals surface area contributed by atoms with E-state index >= 15 is 0 Å². The zero-order valence-electron chi connectivity index (χ0n) is 14.5. The zero-order chi connectivity index (χ0) is 18.7. The summed E-state index contributed by atoms with van der Waals surface area (Å²) in [4.78, 5) is 17.3. The molecule has 0 spiro atoms. The summed E-state index contributed by atoms with van der Waals surface area (Å²) in [5.74, 6) is 1.11. The van der Waals surface area contributed by atoms with Crippen molar-refractivity contribution in [3.05, 3.63) is 57.5 Å². The third kappa shape index (κ3) is 3.86. The van der Waals surface area contributed by atoms with E-state index in [2.05, 4.69) is 10.3 Å². The molecule has 26 heavy (non-hydrogen) atoms. The Hall–Kier alpha value is -2.44. The van der Waals surface area contributed by atoms with E-state index in [9.17, 15) is 4.79 Å². The predicted octanol–water partition coefficient (Wildman–Crippen LogP) is 4.56. The molecule has 0 aliphatic carbocycles. The van der Waals surface area contributed by atoms with Gasteiger partial charge < -0.3 is 14.8 Å². The summed E-state index contributed by atoms with van der Waals surface area (Å²) in [7, 11) is 3.17. The predicted molar refractivity (Wildman–Crippen MR) is 107 cm³/mol. The normalized spacial score (nSPS) is 16.8. The Labute approximate surface area is 161 Å². The van der Waals surface area contributed by atoms with Crippen LogP contribution in [0.3, 0.4) is 0 Å². The summed E-state index contributed by atoms with van der Waals surface area (Å²) >= 11 is 7.40. The summed E-state index contributed by atoms with van der Waals surface area (Å²) in [5.41, 5.74) is 2.38. The first-order chi connectivity index (χ1) is 12.5. The standard InChI is InChI=1S/C19H17ClN2O3S/c1-11-14(20)5-4-6-15(11)21-19-22-18(23)17(26-19)9-12-7-8-13(24-2)10-16(12)25-3/h4-10H,1-3H3,(H,21,22,23). The molecule has 3 rings (SSSR count). The van der Waals surface area contributed by atoms with E-state index in [1.807, 2.05) is 37.3 Å². The maximum absolute atomic E-state index is 12.3. The molecular formula is C19H17ClN2O3S. The summed E-state index contributed by atoms with van der Waals surface area (Å²) in [6, 6.07) is 10.9. The molecule has 1 amide bonds. The third-order valence-corrected chi connectivity index (χ3v) is 5.16. The average molecular weight is 389 g/mol. The highest BCUT2D eigenvalue weighted by Gasteiger charge is 2.24. The van der Waals surface area contributed by atoms with Gasteiger partial charge in [0.1, 0.15) is 11.5 Å². The van der Waals surface area contributed by atoms with Crippen LogP contribution in [0.5, 0.6) is 11.5 Å². The summed E-state index contributed by atoms with van der Waals surface area (Å²) in [5, 5.41) is 3.93. The second-order valence-corrected chi connectivity index (χ2v) is 6.91. The molecule has 1 aliphatic rings. The monoisotopic (exact) mass is 388 g/mol. The smallest absolute Gasteiger partial charge is 0.264 e. The van der Waals surface area contributed by atoms with Crippen molar-refractivity contribution in [2.45, 2.75) is 6.92 Å². The fraction of sp³-hybridized carbons (Fsp3) is 0.158. The number of amidine groups is 1. The number of hydrogen-bond acceptors (Lipinski definition) is 5. The minimum atomic E-state index is -0.202. The number of nitrogens with one attached hydrogen (secondary N) is 1. The number of halogens is 1. The maximum atomic E-state index is 12.3. The second kappa shape index (κ2) is 7.85. The number of carbonyl (C=O) groups excluding carboxylic acids is 1. The Morgan fingerprint density at radius 2 is 2.00 bits per heavy atom. The van der Waals surface area contributed by atoms with Crippen LogP contribution in [0.1, 0.15) is 11.1 Å². The minimum Gasteiger partial charge on any atom is -0.497 e. The molecule has 0 aromatic heterocycles. The highest BCUT2D eigenvalue weighted by atomic mass is 35.5. The van der Waals surface area contributed by atoms with Crippen molar-refractivity contribution in [2.24, 2.45) is 4.99 Å². The van der Waals surface area contributed by atoms with Crippen molar-refractivity contribution in [1.29, 1.82) is 0 Å². The number of aliphatic imine (C=N–C) groups is 1. The van der Waals surface area contributed by atoms with Crippen LogP contribution in [0, 0.1) is 6.92 Å². The number of hydrogen-bond donors (Lipinski definition) is 1. The van der Waals surface area contributed by atoms with Crippen molar-refractivity contribution in [1.82, 2.24) is 5.32 Å². The number of nitrogens with zero attached hydrogens (tertiary/aromatic N) is 1. The highest BCUT2D eigenvalue weighted by molar-refractivity contribution is 8.18. The Morgan fingerprint density at radius 1 is 1.19 bits per heavy atom. The van der Waals surface area contributed by atoms with Gasteiger partial charge in [0.2, 0.25) is 0 Å². The Bertz CT molecular complexity index is 925. The quantitative estimate of drug-likeness (QED) is 0.780. The van der Waals surface area contributed by atoms with Crippen molar-refractivity contribution in [3.63, 3.8) is 0 Å². The molecule has 0 unspecified atom stereocenters. The maximum Gasteiger partial charge on any atom is 0.264 e. The van der Waals surface area contributed by atoms with Crippen LogP contribution in [0.2, 0.25) is 5.02 Å². The molecule has 0 radical (unpaired) electrons. The first kappa shape index (κ1) is 18.4. The van der Waals surface area contributed by atoms with Crippen LogP contribution in [-0.4, -0.2) is 25.3 Å². The Kier molecular flexibility index (Phi) is 5.54. The van der Waals surface area contributed by atoms with Crippen molar-refractivity contribution < 1.29 is 14.3 Å². The molecule has 5 nitrogen and oxygen atoms in total. The van der Waals surface area contributed by atoms with Gasteiger partial charge in [0, 0.05) is 16.7 Å². The summed E-state index contributed by atoms with van der Waals surface area (Å²) in [6.45, 7) is 1.89. The number of amides is 1. The highest BCUT2D eigenvalue weighted by Crippen LogP contribution is 2.33. The van der Waals surface area contributed by atoms with Crippen molar-refractivity contribution in [3.8, 4) is 11.5 Å². The van der Waals surface area contributed by atoms with Crippen LogP contribution in [0.4, 0.5) is 5.69 Å². The van der Waals surface area contributed by atoms with Crippen LogP contribution in [0.25, 0.3) is 6.08 Å². The van der Waals surface area contributed by atoms with Gasteiger partial charge in [0.25, 0.3) is 5.91 Å². The summed E-state index contributed by atoms with van der Waals surface area (Å²) < 4.78 is 10.6. The molecule has 1 N–H and O–H groups in total. The van der Waals surface area contributed by atoms with Gasteiger partial charge >= 0.3 is 0 Å². The third-order valence-electron chi connectivity index (χ3n) is 3.84. The molecule has 0 bridgehead atoms. The van der Waals surface area contributed by atoms with Crippen molar-refractivity contribution in [2.75, 3.05) is 14.2 Å². The first-order valence-corrected chi connectivity index (χ1v) is 8.98. The Balaban J connectivity index is 1.89. The van der Waals surface area contributed by atoms with Crippen LogP contribution in [-0.2, 0) is 4.79 Å². The molecule has 1 saturated heterocycles. The van der Waals surface area contributed by atoms with E-state index in [0.717, 1.165) is 16.8 Å². The minimum absolute atomic E-state index is 0.202. The van der Waals surface area contributed by atoms with Gasteiger partial charge in [0.15, 0.2) is 5.17 Å². The van der Waals surface area contributed by atoms with Crippen LogP contribution < -0.4 is 14.8 Å². The molecule has 134 valence electrons. The van der Waals surface area contributed by atoms with E-state index in [-0.39, 0.29) is 5.91 Å².